The zero-order chi connectivity index (χ0) is 6.97. The molecule has 1 unspecified atom stereocenters. The summed E-state index contributed by atoms with van der Waals surface area (Å²) >= 11 is 0. The van der Waals surface area contributed by atoms with E-state index in [9.17, 15) is 0 Å². The van der Waals surface area contributed by atoms with Crippen LogP contribution in [0.25, 0.3) is 0 Å². The van der Waals surface area contributed by atoms with Crippen molar-refractivity contribution in [2.45, 2.75) is 19.5 Å². The van der Waals surface area contributed by atoms with Crippen LogP contribution in [-0.4, -0.2) is 16.1 Å². The number of rotatable bonds is 0. The summed E-state index contributed by atoms with van der Waals surface area (Å²) in [6.07, 6.45) is 3.82. The van der Waals surface area contributed by atoms with E-state index in [0.717, 1.165) is 13.1 Å². The van der Waals surface area contributed by atoms with Gasteiger partial charge in [-0.1, -0.05) is 0 Å². The summed E-state index contributed by atoms with van der Waals surface area (Å²) in [6, 6.07) is 0.561. The standard InChI is InChI=1S/C7H11N3/c1-6-2-8-3-7-4-9-5-10(6)7/h4-6,8H,2-3H2,1H3. The van der Waals surface area contributed by atoms with E-state index in [1.807, 2.05) is 12.5 Å². The molecule has 1 aliphatic heterocycles. The molecule has 10 heavy (non-hydrogen) atoms. The topological polar surface area (TPSA) is 29.9 Å². The first-order chi connectivity index (χ1) is 4.88. The molecule has 0 spiro atoms. The first-order valence-corrected chi connectivity index (χ1v) is 3.59. The summed E-state index contributed by atoms with van der Waals surface area (Å²) in [7, 11) is 0. The lowest BCUT2D eigenvalue weighted by molar-refractivity contribution is 0.428. The maximum atomic E-state index is 4.08. The van der Waals surface area contributed by atoms with Gasteiger partial charge < -0.3 is 9.88 Å². The fourth-order valence-electron chi connectivity index (χ4n) is 1.37. The predicted molar refractivity (Wildman–Crippen MR) is 38.6 cm³/mol. The molecule has 1 atom stereocenters. The Hall–Kier alpha value is -0.830. The Bertz CT molecular complexity index is 229. The number of hydrogen-bond donors (Lipinski definition) is 1. The van der Waals surface area contributed by atoms with Gasteiger partial charge in [-0.3, -0.25) is 0 Å². The van der Waals surface area contributed by atoms with Crippen LogP contribution in [0.4, 0.5) is 0 Å². The molecule has 1 aliphatic rings. The van der Waals surface area contributed by atoms with Gasteiger partial charge in [0.15, 0.2) is 0 Å². The van der Waals surface area contributed by atoms with Gasteiger partial charge in [0.25, 0.3) is 0 Å². The summed E-state index contributed by atoms with van der Waals surface area (Å²) in [5.41, 5.74) is 1.29. The summed E-state index contributed by atoms with van der Waals surface area (Å²) in [6.45, 7) is 4.21. The minimum Gasteiger partial charge on any atom is -0.329 e. The molecule has 0 bridgehead atoms. The molecule has 0 radical (unpaired) electrons. The summed E-state index contributed by atoms with van der Waals surface area (Å²) in [4.78, 5) is 4.08. The first-order valence-electron chi connectivity index (χ1n) is 3.59. The maximum Gasteiger partial charge on any atom is 0.0951 e. The lowest BCUT2D eigenvalue weighted by Crippen LogP contribution is -2.30. The van der Waals surface area contributed by atoms with Crippen molar-refractivity contribution in [2.24, 2.45) is 0 Å². The molecule has 0 amide bonds. The Morgan fingerprint density at radius 1 is 1.80 bits per heavy atom. The van der Waals surface area contributed by atoms with Crippen LogP contribution in [0.2, 0.25) is 0 Å². The van der Waals surface area contributed by atoms with Crippen molar-refractivity contribution in [3.63, 3.8) is 0 Å². The third-order valence-corrected chi connectivity index (χ3v) is 1.97. The molecule has 1 N–H and O–H groups in total. The highest BCUT2D eigenvalue weighted by Gasteiger charge is 2.13. The molecule has 54 valence electrons. The SMILES string of the molecule is CC1CNCc2cncn21. The average molecular weight is 137 g/mol. The van der Waals surface area contributed by atoms with Crippen molar-refractivity contribution in [3.8, 4) is 0 Å². The van der Waals surface area contributed by atoms with Crippen molar-refractivity contribution in [3.05, 3.63) is 18.2 Å². The average Bonchev–Trinajstić information content (AvgIpc) is 2.36. The second-order valence-corrected chi connectivity index (χ2v) is 2.77. The lowest BCUT2D eigenvalue weighted by atomic mass is 10.2. The van der Waals surface area contributed by atoms with Crippen LogP contribution in [-0.2, 0) is 6.54 Å². The van der Waals surface area contributed by atoms with Crippen LogP contribution in [0.5, 0.6) is 0 Å². The van der Waals surface area contributed by atoms with Crippen LogP contribution in [0.3, 0.4) is 0 Å². The molecule has 0 saturated heterocycles. The van der Waals surface area contributed by atoms with Crippen molar-refractivity contribution in [1.29, 1.82) is 0 Å². The number of imidazole rings is 1. The van der Waals surface area contributed by atoms with Crippen LogP contribution in [0.15, 0.2) is 12.5 Å². The molecule has 0 aliphatic carbocycles. The lowest BCUT2D eigenvalue weighted by Gasteiger charge is -2.22. The van der Waals surface area contributed by atoms with Crippen LogP contribution in [0.1, 0.15) is 18.7 Å². The van der Waals surface area contributed by atoms with Gasteiger partial charge in [-0.25, -0.2) is 4.98 Å². The highest BCUT2D eigenvalue weighted by Crippen LogP contribution is 2.12. The van der Waals surface area contributed by atoms with E-state index in [1.54, 1.807) is 0 Å². The van der Waals surface area contributed by atoms with E-state index in [1.165, 1.54) is 5.69 Å². The van der Waals surface area contributed by atoms with Crippen LogP contribution >= 0.6 is 0 Å². The molecular weight excluding hydrogens is 126 g/mol. The Morgan fingerprint density at radius 2 is 2.70 bits per heavy atom. The number of fused-ring (bicyclic) bond motifs is 1. The van der Waals surface area contributed by atoms with Crippen molar-refractivity contribution in [2.75, 3.05) is 6.54 Å². The van der Waals surface area contributed by atoms with E-state index in [2.05, 4.69) is 21.8 Å². The normalized spacial score (nSPS) is 24.3. The van der Waals surface area contributed by atoms with Crippen molar-refractivity contribution >= 4 is 0 Å². The van der Waals surface area contributed by atoms with Crippen molar-refractivity contribution in [1.82, 2.24) is 14.9 Å². The van der Waals surface area contributed by atoms with E-state index < -0.39 is 0 Å². The first kappa shape index (κ1) is 5.92. The highest BCUT2D eigenvalue weighted by molar-refractivity contribution is 5.02. The molecular formula is C7H11N3. The Balaban J connectivity index is 2.41. The van der Waals surface area contributed by atoms with Gasteiger partial charge in [-0.15, -0.1) is 0 Å². The third-order valence-electron chi connectivity index (χ3n) is 1.97. The monoisotopic (exact) mass is 137 g/mol. The minimum atomic E-state index is 0.561. The third kappa shape index (κ3) is 0.743. The highest BCUT2D eigenvalue weighted by atomic mass is 15.1. The Labute approximate surface area is 60.1 Å². The summed E-state index contributed by atoms with van der Waals surface area (Å²) < 4.78 is 2.22. The van der Waals surface area contributed by atoms with Gasteiger partial charge in [0.1, 0.15) is 0 Å². The van der Waals surface area contributed by atoms with Gasteiger partial charge >= 0.3 is 0 Å². The van der Waals surface area contributed by atoms with E-state index in [-0.39, 0.29) is 0 Å². The van der Waals surface area contributed by atoms with Crippen molar-refractivity contribution < 1.29 is 0 Å². The molecule has 2 rings (SSSR count). The second kappa shape index (κ2) is 2.09. The van der Waals surface area contributed by atoms with Crippen LogP contribution in [0, 0.1) is 0 Å². The fraction of sp³-hybridized carbons (Fsp3) is 0.571. The fourth-order valence-corrected chi connectivity index (χ4v) is 1.37. The van der Waals surface area contributed by atoms with Gasteiger partial charge in [-0.2, -0.15) is 0 Å². The zero-order valence-electron chi connectivity index (χ0n) is 6.04. The molecule has 1 aromatic heterocycles. The van der Waals surface area contributed by atoms with E-state index in [0.29, 0.717) is 6.04 Å². The van der Waals surface area contributed by atoms with E-state index in [4.69, 9.17) is 0 Å². The van der Waals surface area contributed by atoms with Gasteiger partial charge in [0.05, 0.1) is 12.0 Å². The number of nitrogens with zero attached hydrogens (tertiary/aromatic N) is 2. The Morgan fingerprint density at radius 3 is 3.50 bits per heavy atom. The smallest absolute Gasteiger partial charge is 0.0951 e. The molecule has 1 aromatic rings. The second-order valence-electron chi connectivity index (χ2n) is 2.77. The minimum absolute atomic E-state index is 0.561. The zero-order valence-corrected chi connectivity index (χ0v) is 6.04. The molecule has 3 nitrogen and oxygen atoms in total. The number of hydrogen-bond acceptors (Lipinski definition) is 2. The molecule has 0 fully saturated rings. The summed E-state index contributed by atoms with van der Waals surface area (Å²) in [5, 5.41) is 3.32. The van der Waals surface area contributed by atoms with Crippen LogP contribution < -0.4 is 5.32 Å². The molecule has 0 aromatic carbocycles. The van der Waals surface area contributed by atoms with E-state index >= 15 is 0 Å². The van der Waals surface area contributed by atoms with Gasteiger partial charge in [-0.05, 0) is 6.92 Å². The van der Waals surface area contributed by atoms with Gasteiger partial charge in [0, 0.05) is 25.3 Å². The Kier molecular flexibility index (Phi) is 1.24. The largest absolute Gasteiger partial charge is 0.329 e. The quantitative estimate of drug-likeness (QED) is 0.566. The summed E-state index contributed by atoms with van der Waals surface area (Å²) in [5.74, 6) is 0. The van der Waals surface area contributed by atoms with Gasteiger partial charge in [0.2, 0.25) is 0 Å². The maximum absolute atomic E-state index is 4.08. The molecule has 0 saturated carbocycles. The molecule has 3 heteroatoms. The number of aromatic nitrogens is 2. The number of nitrogens with one attached hydrogen (secondary N) is 1. The predicted octanol–water partition coefficient (Wildman–Crippen LogP) is 0.547. The molecule has 2 heterocycles.